The second-order valence-corrected chi connectivity index (χ2v) is 5.80. The molecule has 0 aliphatic rings. The predicted molar refractivity (Wildman–Crippen MR) is 95.1 cm³/mol. The Labute approximate surface area is 144 Å². The van der Waals surface area contributed by atoms with Crippen molar-refractivity contribution < 1.29 is 4.39 Å². The van der Waals surface area contributed by atoms with E-state index in [0.29, 0.717) is 11.6 Å². The van der Waals surface area contributed by atoms with Gasteiger partial charge in [-0.15, -0.1) is 0 Å². The van der Waals surface area contributed by atoms with E-state index in [9.17, 15) is 4.39 Å². The average Bonchev–Trinajstić information content (AvgIpc) is 3.06. The van der Waals surface area contributed by atoms with Crippen molar-refractivity contribution in [1.82, 2.24) is 19.7 Å². The number of fused-ring (bicyclic) bond motifs is 1. The molecule has 0 aliphatic carbocycles. The number of para-hydroxylation sites is 1. The summed E-state index contributed by atoms with van der Waals surface area (Å²) in [5.74, 6) is 1.02. The lowest BCUT2D eigenvalue weighted by atomic mass is 10.1. The molecule has 2 heterocycles. The van der Waals surface area contributed by atoms with Crippen molar-refractivity contribution >= 4 is 16.7 Å². The van der Waals surface area contributed by atoms with E-state index < -0.39 is 0 Å². The van der Waals surface area contributed by atoms with Crippen LogP contribution in [-0.2, 0) is 0 Å². The molecular formula is C19H16FN5. The normalized spacial score (nSPS) is 12.2. The molecule has 124 valence electrons. The van der Waals surface area contributed by atoms with Crippen LogP contribution in [0.15, 0.2) is 67.1 Å². The van der Waals surface area contributed by atoms with Gasteiger partial charge in [-0.3, -0.25) is 4.98 Å². The first kappa shape index (κ1) is 15.3. The predicted octanol–water partition coefficient (Wildman–Crippen LogP) is 4.13. The molecule has 5 nitrogen and oxygen atoms in total. The lowest BCUT2D eigenvalue weighted by Crippen LogP contribution is -2.10. The minimum Gasteiger partial charge on any atom is -0.362 e. The molecule has 0 unspecified atom stereocenters. The van der Waals surface area contributed by atoms with E-state index in [1.807, 2.05) is 31.2 Å². The zero-order chi connectivity index (χ0) is 17.2. The quantitative estimate of drug-likeness (QED) is 0.610. The van der Waals surface area contributed by atoms with Gasteiger partial charge in [0.1, 0.15) is 11.6 Å². The van der Waals surface area contributed by atoms with E-state index in [1.54, 1.807) is 35.4 Å². The highest BCUT2D eigenvalue weighted by Crippen LogP contribution is 2.20. The van der Waals surface area contributed by atoms with E-state index in [1.165, 1.54) is 12.1 Å². The van der Waals surface area contributed by atoms with Crippen LogP contribution in [0.25, 0.3) is 16.7 Å². The van der Waals surface area contributed by atoms with Crippen molar-refractivity contribution in [2.24, 2.45) is 0 Å². The van der Waals surface area contributed by atoms with Crippen LogP contribution in [0.4, 0.5) is 10.2 Å². The Morgan fingerprint density at radius 1 is 1.00 bits per heavy atom. The van der Waals surface area contributed by atoms with Gasteiger partial charge in [0.2, 0.25) is 0 Å². The number of hydrogen-bond donors (Lipinski definition) is 1. The maximum absolute atomic E-state index is 13.1. The summed E-state index contributed by atoms with van der Waals surface area (Å²) < 4.78 is 14.8. The van der Waals surface area contributed by atoms with Crippen LogP contribution < -0.4 is 5.32 Å². The van der Waals surface area contributed by atoms with Crippen LogP contribution in [0.1, 0.15) is 18.5 Å². The van der Waals surface area contributed by atoms with Crippen LogP contribution in [0.5, 0.6) is 0 Å². The van der Waals surface area contributed by atoms with E-state index >= 15 is 0 Å². The molecular weight excluding hydrogens is 317 g/mol. The number of rotatable bonds is 4. The number of anilines is 1. The Hall–Kier alpha value is -3.28. The Morgan fingerprint density at radius 2 is 1.80 bits per heavy atom. The summed E-state index contributed by atoms with van der Waals surface area (Å²) in [5, 5.41) is 8.73. The Morgan fingerprint density at radius 3 is 2.64 bits per heavy atom. The topological polar surface area (TPSA) is 55.6 Å². The van der Waals surface area contributed by atoms with E-state index in [4.69, 9.17) is 0 Å². The lowest BCUT2D eigenvalue weighted by Gasteiger charge is -2.15. The monoisotopic (exact) mass is 333 g/mol. The summed E-state index contributed by atoms with van der Waals surface area (Å²) in [6, 6.07) is 14.3. The van der Waals surface area contributed by atoms with Crippen molar-refractivity contribution in [2.75, 3.05) is 5.32 Å². The molecule has 2 aromatic carbocycles. The van der Waals surface area contributed by atoms with Crippen LogP contribution in [-0.4, -0.2) is 19.7 Å². The maximum atomic E-state index is 13.1. The zero-order valence-electron chi connectivity index (χ0n) is 13.6. The Kier molecular flexibility index (Phi) is 3.85. The average molecular weight is 333 g/mol. The van der Waals surface area contributed by atoms with Gasteiger partial charge in [-0.05, 0) is 30.7 Å². The van der Waals surface area contributed by atoms with Crippen LogP contribution in [0, 0.1) is 5.82 Å². The van der Waals surface area contributed by atoms with Crippen molar-refractivity contribution in [3.63, 3.8) is 0 Å². The highest BCUT2D eigenvalue weighted by atomic mass is 19.1. The zero-order valence-corrected chi connectivity index (χ0v) is 13.6. The largest absolute Gasteiger partial charge is 0.362 e. The summed E-state index contributed by atoms with van der Waals surface area (Å²) in [6.07, 6.45) is 5.14. The molecule has 4 rings (SSSR count). The fourth-order valence-corrected chi connectivity index (χ4v) is 2.74. The lowest BCUT2D eigenvalue weighted by molar-refractivity contribution is 0.626. The molecule has 0 radical (unpaired) electrons. The molecule has 0 saturated heterocycles. The number of aromatic nitrogens is 4. The minimum atomic E-state index is -0.247. The second-order valence-electron chi connectivity index (χ2n) is 5.80. The third-order valence-electron chi connectivity index (χ3n) is 4.05. The summed E-state index contributed by atoms with van der Waals surface area (Å²) in [7, 11) is 0. The Bertz CT molecular complexity index is 1010. The molecule has 4 aromatic rings. The molecule has 25 heavy (non-hydrogen) atoms. The first-order valence-electron chi connectivity index (χ1n) is 7.98. The van der Waals surface area contributed by atoms with E-state index in [0.717, 1.165) is 16.5 Å². The number of benzene rings is 2. The first-order valence-corrected chi connectivity index (χ1v) is 7.98. The van der Waals surface area contributed by atoms with Crippen molar-refractivity contribution in [3.05, 3.63) is 78.5 Å². The number of hydrogen-bond acceptors (Lipinski definition) is 4. The molecule has 1 N–H and O–H groups in total. The third-order valence-corrected chi connectivity index (χ3v) is 4.05. The van der Waals surface area contributed by atoms with Crippen molar-refractivity contribution in [2.45, 2.75) is 13.0 Å². The molecule has 2 aromatic heterocycles. The van der Waals surface area contributed by atoms with Crippen LogP contribution in [0.2, 0.25) is 0 Å². The SMILES string of the molecule is C[C@H](Nc1cncc(-n2ncc3ccccc32)n1)c1ccc(F)cc1. The smallest absolute Gasteiger partial charge is 0.174 e. The molecule has 0 aliphatic heterocycles. The molecule has 0 spiro atoms. The van der Waals surface area contributed by atoms with Gasteiger partial charge in [0, 0.05) is 11.4 Å². The summed E-state index contributed by atoms with van der Waals surface area (Å²) in [4.78, 5) is 8.86. The van der Waals surface area contributed by atoms with Gasteiger partial charge >= 0.3 is 0 Å². The van der Waals surface area contributed by atoms with Gasteiger partial charge in [0.05, 0.1) is 24.1 Å². The molecule has 0 amide bonds. The number of halogens is 1. The Balaban J connectivity index is 1.62. The number of nitrogens with zero attached hydrogens (tertiary/aromatic N) is 4. The molecule has 6 heteroatoms. The maximum Gasteiger partial charge on any atom is 0.174 e. The molecule has 1 atom stereocenters. The van der Waals surface area contributed by atoms with Crippen molar-refractivity contribution in [3.8, 4) is 5.82 Å². The third kappa shape index (κ3) is 3.06. The molecule has 0 bridgehead atoms. The van der Waals surface area contributed by atoms with Gasteiger partial charge in [0.15, 0.2) is 5.82 Å². The molecule has 0 saturated carbocycles. The van der Waals surface area contributed by atoms with E-state index in [2.05, 4.69) is 20.4 Å². The second kappa shape index (κ2) is 6.32. The highest BCUT2D eigenvalue weighted by Gasteiger charge is 2.10. The van der Waals surface area contributed by atoms with Gasteiger partial charge in [-0.25, -0.2) is 14.1 Å². The summed E-state index contributed by atoms with van der Waals surface area (Å²) >= 11 is 0. The van der Waals surface area contributed by atoms with Gasteiger partial charge < -0.3 is 5.32 Å². The summed E-state index contributed by atoms with van der Waals surface area (Å²) in [5.41, 5.74) is 1.94. The van der Waals surface area contributed by atoms with Gasteiger partial charge in [0.25, 0.3) is 0 Å². The van der Waals surface area contributed by atoms with E-state index in [-0.39, 0.29) is 11.9 Å². The van der Waals surface area contributed by atoms with Crippen molar-refractivity contribution in [1.29, 1.82) is 0 Å². The number of nitrogens with one attached hydrogen (secondary N) is 1. The standard InChI is InChI=1S/C19H16FN5/c1-13(14-6-8-16(20)9-7-14)23-18-11-21-12-19(24-18)25-17-5-3-2-4-15(17)10-22-25/h2-13H,1H3,(H,23,24)/t13-/m0/s1. The highest BCUT2D eigenvalue weighted by molar-refractivity contribution is 5.79. The minimum absolute atomic E-state index is 0.0282. The van der Waals surface area contributed by atoms with Gasteiger partial charge in [-0.2, -0.15) is 5.10 Å². The molecule has 0 fully saturated rings. The fraction of sp³-hybridized carbons (Fsp3) is 0.105. The summed E-state index contributed by atoms with van der Waals surface area (Å²) in [6.45, 7) is 1.99. The fourth-order valence-electron chi connectivity index (χ4n) is 2.74. The van der Waals surface area contributed by atoms with Crippen LogP contribution in [0.3, 0.4) is 0 Å². The first-order chi connectivity index (χ1) is 12.2. The van der Waals surface area contributed by atoms with Crippen LogP contribution >= 0.6 is 0 Å². The van der Waals surface area contributed by atoms with Gasteiger partial charge in [-0.1, -0.05) is 30.3 Å².